The monoisotopic (exact) mass is 226 g/mol. The van der Waals surface area contributed by atoms with Crippen molar-refractivity contribution in [3.05, 3.63) is 0 Å². The number of rotatable bonds is 2. The van der Waals surface area contributed by atoms with E-state index >= 15 is 0 Å². The highest BCUT2D eigenvalue weighted by Gasteiger charge is 2.37. The number of hydrogen-bond donors (Lipinski definition) is 0. The molecule has 0 N–H and O–H groups in total. The van der Waals surface area contributed by atoms with Crippen molar-refractivity contribution in [3.63, 3.8) is 0 Å². The van der Waals surface area contributed by atoms with Crippen LogP contribution >= 0.6 is 0 Å². The Morgan fingerprint density at radius 1 is 0.600 bits per heavy atom. The first-order chi connectivity index (χ1) is 7.21. The van der Waals surface area contributed by atoms with Gasteiger partial charge in [0.1, 0.15) is 0 Å². The Morgan fingerprint density at radius 3 is 1.27 bits per heavy atom. The fourth-order valence-corrected chi connectivity index (χ4v) is 6.30. The van der Waals surface area contributed by atoms with E-state index in [-0.39, 0.29) is 0 Å². The first kappa shape index (κ1) is 11.6. The molecule has 2 saturated heterocycles. The van der Waals surface area contributed by atoms with Crippen LogP contribution in [0.4, 0.5) is 0 Å². The summed E-state index contributed by atoms with van der Waals surface area (Å²) < 4.78 is 5.67. The van der Waals surface area contributed by atoms with Crippen molar-refractivity contribution in [3.8, 4) is 0 Å². The molecule has 2 aliphatic rings. The van der Waals surface area contributed by atoms with Crippen LogP contribution in [0.25, 0.3) is 0 Å². The lowest BCUT2D eigenvalue weighted by atomic mass is 10.2. The largest absolute Gasteiger partial charge is 0.312 e. The van der Waals surface area contributed by atoms with E-state index in [1.165, 1.54) is 64.7 Å². The maximum Gasteiger partial charge on any atom is 0.200 e. The molecule has 0 saturated carbocycles. The van der Waals surface area contributed by atoms with Crippen molar-refractivity contribution < 1.29 is 0 Å². The number of piperidine rings is 2. The van der Waals surface area contributed by atoms with Gasteiger partial charge in [0, 0.05) is 0 Å². The van der Waals surface area contributed by atoms with Gasteiger partial charge >= 0.3 is 0 Å². The SMILES string of the molecule is C[Si](C)(N1CCCCC1)N1CCCCC1. The average molecular weight is 226 g/mol. The smallest absolute Gasteiger partial charge is 0.200 e. The quantitative estimate of drug-likeness (QED) is 0.668. The van der Waals surface area contributed by atoms with E-state index in [4.69, 9.17) is 0 Å². The van der Waals surface area contributed by atoms with Crippen LogP contribution in [0, 0.1) is 0 Å². The molecule has 2 fully saturated rings. The van der Waals surface area contributed by atoms with E-state index in [0.717, 1.165) is 0 Å². The molecule has 0 aromatic carbocycles. The molecule has 0 amide bonds. The van der Waals surface area contributed by atoms with Gasteiger partial charge in [0.05, 0.1) is 0 Å². The molecule has 0 atom stereocenters. The van der Waals surface area contributed by atoms with Crippen molar-refractivity contribution in [2.24, 2.45) is 0 Å². The van der Waals surface area contributed by atoms with Gasteiger partial charge in [0.25, 0.3) is 0 Å². The Labute approximate surface area is 95.8 Å². The lowest BCUT2D eigenvalue weighted by molar-refractivity contribution is 0.266. The highest BCUT2D eigenvalue weighted by Crippen LogP contribution is 2.24. The predicted molar refractivity (Wildman–Crippen MR) is 68.3 cm³/mol. The third-order valence-electron chi connectivity index (χ3n) is 4.26. The molecular formula is C12H26N2Si. The van der Waals surface area contributed by atoms with Crippen molar-refractivity contribution in [2.75, 3.05) is 26.2 Å². The molecule has 3 heteroatoms. The Kier molecular flexibility index (Phi) is 3.86. The molecule has 0 aromatic heterocycles. The lowest BCUT2D eigenvalue weighted by Gasteiger charge is -2.47. The van der Waals surface area contributed by atoms with E-state index in [1.807, 2.05) is 0 Å². The second-order valence-corrected chi connectivity index (χ2v) is 9.84. The molecule has 2 rings (SSSR count). The summed E-state index contributed by atoms with van der Waals surface area (Å²) in [6, 6.07) is 0. The van der Waals surface area contributed by atoms with Gasteiger partial charge in [-0.2, -0.15) is 0 Å². The van der Waals surface area contributed by atoms with E-state index in [0.29, 0.717) is 0 Å². The summed E-state index contributed by atoms with van der Waals surface area (Å²) in [5.74, 6) is 0. The second kappa shape index (κ2) is 4.98. The van der Waals surface area contributed by atoms with Gasteiger partial charge < -0.3 is 9.13 Å². The predicted octanol–water partition coefficient (Wildman–Crippen LogP) is 2.66. The Hall–Kier alpha value is 0.137. The molecule has 2 heterocycles. The normalized spacial score (nSPS) is 26.8. The molecule has 0 aliphatic carbocycles. The van der Waals surface area contributed by atoms with Gasteiger partial charge in [-0.05, 0) is 65.0 Å². The highest BCUT2D eigenvalue weighted by molar-refractivity contribution is 6.71. The topological polar surface area (TPSA) is 6.48 Å². The fraction of sp³-hybridized carbons (Fsp3) is 1.00. The van der Waals surface area contributed by atoms with Crippen molar-refractivity contribution in [1.29, 1.82) is 0 Å². The van der Waals surface area contributed by atoms with Gasteiger partial charge in [-0.25, -0.2) is 0 Å². The zero-order chi connectivity index (χ0) is 10.7. The summed E-state index contributed by atoms with van der Waals surface area (Å²) in [5, 5.41) is 0. The highest BCUT2D eigenvalue weighted by atomic mass is 28.3. The maximum absolute atomic E-state index is 2.84. The molecule has 0 radical (unpaired) electrons. The number of hydrogen-bond acceptors (Lipinski definition) is 2. The van der Waals surface area contributed by atoms with Crippen LogP contribution in [-0.2, 0) is 0 Å². The van der Waals surface area contributed by atoms with Gasteiger partial charge in [-0.15, -0.1) is 0 Å². The maximum atomic E-state index is 2.84. The minimum atomic E-state index is -1.23. The third-order valence-corrected chi connectivity index (χ3v) is 8.25. The Morgan fingerprint density at radius 2 is 0.933 bits per heavy atom. The van der Waals surface area contributed by atoms with Crippen molar-refractivity contribution in [2.45, 2.75) is 51.6 Å². The van der Waals surface area contributed by atoms with E-state index in [1.54, 1.807) is 0 Å². The van der Waals surface area contributed by atoms with Crippen LogP contribution in [0.5, 0.6) is 0 Å². The van der Waals surface area contributed by atoms with Crippen LogP contribution in [-0.4, -0.2) is 43.7 Å². The minimum absolute atomic E-state index is 1.23. The first-order valence-corrected chi connectivity index (χ1v) is 9.61. The molecule has 15 heavy (non-hydrogen) atoms. The summed E-state index contributed by atoms with van der Waals surface area (Å²) in [6.45, 7) is 10.6. The molecule has 0 bridgehead atoms. The lowest BCUT2D eigenvalue weighted by Crippen LogP contribution is -2.63. The molecule has 0 aromatic rings. The zero-order valence-electron chi connectivity index (χ0n) is 10.5. The molecule has 88 valence electrons. The summed E-state index contributed by atoms with van der Waals surface area (Å²) in [5.41, 5.74) is 0. The minimum Gasteiger partial charge on any atom is -0.312 e. The molecule has 2 nitrogen and oxygen atoms in total. The van der Waals surface area contributed by atoms with Crippen molar-refractivity contribution in [1.82, 2.24) is 9.13 Å². The van der Waals surface area contributed by atoms with Gasteiger partial charge in [0.15, 0.2) is 8.40 Å². The van der Waals surface area contributed by atoms with E-state index in [2.05, 4.69) is 22.2 Å². The Balaban J connectivity index is 1.96. The molecule has 2 aliphatic heterocycles. The van der Waals surface area contributed by atoms with Gasteiger partial charge in [-0.1, -0.05) is 12.8 Å². The average Bonchev–Trinajstić information content (AvgIpc) is 2.31. The third kappa shape index (κ3) is 2.63. The fourth-order valence-electron chi connectivity index (χ4n) is 3.08. The zero-order valence-corrected chi connectivity index (χ0v) is 11.5. The summed E-state index contributed by atoms with van der Waals surface area (Å²) in [4.78, 5) is 0. The van der Waals surface area contributed by atoms with Crippen molar-refractivity contribution >= 4 is 8.40 Å². The summed E-state index contributed by atoms with van der Waals surface area (Å²) in [7, 11) is -1.23. The van der Waals surface area contributed by atoms with Crippen LogP contribution in [0.2, 0.25) is 13.1 Å². The second-order valence-electron chi connectivity index (χ2n) is 5.59. The van der Waals surface area contributed by atoms with Gasteiger partial charge in [-0.3, -0.25) is 0 Å². The Bertz CT molecular complexity index is 174. The van der Waals surface area contributed by atoms with Gasteiger partial charge in [0.2, 0.25) is 0 Å². The standard InChI is InChI=1S/C12H26N2Si/c1-15(2,13-9-5-3-6-10-13)14-11-7-4-8-12-14/h3-12H2,1-2H3. The first-order valence-electron chi connectivity index (χ1n) is 6.71. The summed E-state index contributed by atoms with van der Waals surface area (Å²) in [6.07, 6.45) is 8.66. The van der Waals surface area contributed by atoms with Crippen LogP contribution in [0.1, 0.15) is 38.5 Å². The number of nitrogens with zero attached hydrogens (tertiary/aromatic N) is 2. The van der Waals surface area contributed by atoms with Crippen LogP contribution < -0.4 is 0 Å². The molecule has 0 unspecified atom stereocenters. The molecular weight excluding hydrogens is 200 g/mol. The van der Waals surface area contributed by atoms with E-state index < -0.39 is 8.40 Å². The van der Waals surface area contributed by atoms with E-state index in [9.17, 15) is 0 Å². The molecule has 0 spiro atoms. The van der Waals surface area contributed by atoms with Crippen LogP contribution in [0.3, 0.4) is 0 Å². The van der Waals surface area contributed by atoms with Crippen LogP contribution in [0.15, 0.2) is 0 Å². The summed E-state index contributed by atoms with van der Waals surface area (Å²) >= 11 is 0.